The molecule has 6 heterocycles. The fourth-order valence-electron chi connectivity index (χ4n) is 7.35. The molecule has 18 nitrogen and oxygen atoms in total. The van der Waals surface area contributed by atoms with Gasteiger partial charge in [0.2, 0.25) is 0 Å². The van der Waals surface area contributed by atoms with E-state index in [1.807, 2.05) is 37.9 Å². The Hall–Kier alpha value is -6.60. The Bertz CT molecular complexity index is 2510. The number of aliphatic carboxylic acids is 2. The Labute approximate surface area is 343 Å². The Morgan fingerprint density at radius 1 is 0.767 bits per heavy atom. The lowest BCUT2D eigenvalue weighted by Gasteiger charge is -2.16. The Kier molecular flexibility index (Phi) is 13.8. The molecule has 10 N–H and O–H groups in total. The summed E-state index contributed by atoms with van der Waals surface area (Å²) in [5.41, 5.74) is 8.86. The SMILES string of the molecule is C=CC1=C(C)/C(=C/c2[nH]c(Cc3[nH]c(/C=C4\NC(=O)C(C)=C4C=C)c(C)c3CCC(=O)O)c(CCC(=O)O)c2C)NC1=O.O=c1ccn([C@@H]2O[C@H](CO)[C@@H](O)[C@H]2O)c(=O)[nH]1. The van der Waals surface area contributed by atoms with E-state index in [2.05, 4.69) is 33.8 Å². The van der Waals surface area contributed by atoms with Crippen LogP contribution < -0.4 is 21.9 Å². The van der Waals surface area contributed by atoms with E-state index >= 15 is 0 Å². The average Bonchev–Trinajstić information content (AvgIpc) is 3.91. The minimum Gasteiger partial charge on any atom is -0.481 e. The third-order valence-corrected chi connectivity index (χ3v) is 10.8. The van der Waals surface area contributed by atoms with Gasteiger partial charge in [0.15, 0.2) is 6.23 Å². The molecule has 0 radical (unpaired) electrons. The number of aromatic nitrogens is 4. The van der Waals surface area contributed by atoms with Crippen LogP contribution in [0.2, 0.25) is 0 Å². The second kappa shape index (κ2) is 18.5. The van der Waals surface area contributed by atoms with E-state index in [0.29, 0.717) is 34.5 Å². The van der Waals surface area contributed by atoms with Crippen LogP contribution in [0.4, 0.5) is 0 Å². The largest absolute Gasteiger partial charge is 0.481 e. The van der Waals surface area contributed by atoms with Crippen molar-refractivity contribution in [2.24, 2.45) is 0 Å². The molecule has 0 unspecified atom stereocenters. The second-order valence-corrected chi connectivity index (χ2v) is 14.5. The maximum Gasteiger partial charge on any atom is 0.330 e. The summed E-state index contributed by atoms with van der Waals surface area (Å²) in [6, 6.07) is 1.09. The van der Waals surface area contributed by atoms with Gasteiger partial charge in [0.25, 0.3) is 17.4 Å². The molecule has 18 heteroatoms. The quantitative estimate of drug-likeness (QED) is 0.111. The fourth-order valence-corrected chi connectivity index (χ4v) is 7.35. The number of allylic oxidation sites excluding steroid dienone is 2. The molecule has 2 amide bonds. The topological polar surface area (TPSA) is 289 Å². The number of carbonyl (C=O) groups is 4. The van der Waals surface area contributed by atoms with Crippen LogP contribution in [-0.2, 0) is 43.2 Å². The summed E-state index contributed by atoms with van der Waals surface area (Å²) in [6.45, 7) is 14.4. The zero-order valence-corrected chi connectivity index (χ0v) is 33.5. The van der Waals surface area contributed by atoms with Gasteiger partial charge in [-0.3, -0.25) is 33.5 Å². The van der Waals surface area contributed by atoms with Crippen LogP contribution in [0.3, 0.4) is 0 Å². The number of nitrogens with one attached hydrogen (secondary N) is 5. The van der Waals surface area contributed by atoms with E-state index in [9.17, 15) is 49.2 Å². The number of carboxylic acid groups (broad SMARTS) is 2. The van der Waals surface area contributed by atoms with Crippen LogP contribution in [0.5, 0.6) is 0 Å². The van der Waals surface area contributed by atoms with E-state index in [1.165, 1.54) is 6.08 Å². The zero-order chi connectivity index (χ0) is 44.2. The number of aromatic amines is 3. The van der Waals surface area contributed by atoms with Crippen molar-refractivity contribution >= 4 is 35.9 Å². The van der Waals surface area contributed by atoms with Crippen LogP contribution in [0.1, 0.15) is 77.9 Å². The van der Waals surface area contributed by atoms with Crippen LogP contribution in [0.25, 0.3) is 12.2 Å². The molecule has 60 heavy (non-hydrogen) atoms. The van der Waals surface area contributed by atoms with Gasteiger partial charge in [-0.25, -0.2) is 4.79 Å². The van der Waals surface area contributed by atoms with Crippen LogP contribution in [0.15, 0.2) is 80.8 Å². The first-order chi connectivity index (χ1) is 28.4. The van der Waals surface area contributed by atoms with Crippen molar-refractivity contribution in [2.75, 3.05) is 6.61 Å². The average molecular weight is 829 g/mol. The lowest BCUT2D eigenvalue weighted by Crippen LogP contribution is -2.37. The molecule has 1 fully saturated rings. The summed E-state index contributed by atoms with van der Waals surface area (Å²) < 4.78 is 6.08. The number of nitrogens with zero attached hydrogens (tertiary/aromatic N) is 1. The first kappa shape index (κ1) is 44.5. The van der Waals surface area contributed by atoms with Gasteiger partial charge in [-0.2, -0.15) is 0 Å². The number of rotatable bonds is 14. The third-order valence-electron chi connectivity index (χ3n) is 10.8. The molecule has 0 spiro atoms. The van der Waals surface area contributed by atoms with Crippen molar-refractivity contribution in [1.29, 1.82) is 0 Å². The van der Waals surface area contributed by atoms with E-state index < -0.39 is 54.3 Å². The summed E-state index contributed by atoms with van der Waals surface area (Å²) in [5.74, 6) is -2.28. The molecule has 3 aromatic heterocycles. The van der Waals surface area contributed by atoms with E-state index in [0.717, 1.165) is 67.4 Å². The van der Waals surface area contributed by atoms with Crippen molar-refractivity contribution in [1.82, 2.24) is 30.2 Å². The van der Waals surface area contributed by atoms with Crippen LogP contribution in [-0.4, -0.2) is 93.7 Å². The first-order valence-electron chi connectivity index (χ1n) is 18.9. The highest BCUT2D eigenvalue weighted by Crippen LogP contribution is 2.32. The van der Waals surface area contributed by atoms with Crippen molar-refractivity contribution in [3.8, 4) is 0 Å². The Morgan fingerprint density at radius 3 is 1.77 bits per heavy atom. The van der Waals surface area contributed by atoms with Gasteiger partial charge < -0.3 is 50.9 Å². The van der Waals surface area contributed by atoms with Crippen molar-refractivity contribution in [3.63, 3.8) is 0 Å². The number of ether oxygens (including phenoxy) is 1. The maximum absolute atomic E-state index is 12.3. The third kappa shape index (κ3) is 9.31. The molecule has 4 atom stereocenters. The van der Waals surface area contributed by atoms with E-state index in [-0.39, 0.29) is 37.5 Å². The maximum atomic E-state index is 12.3. The lowest BCUT2D eigenvalue weighted by molar-refractivity contribution is -0.138. The predicted molar refractivity (Wildman–Crippen MR) is 218 cm³/mol. The van der Waals surface area contributed by atoms with Crippen molar-refractivity contribution in [3.05, 3.63) is 137 Å². The molecule has 0 bridgehead atoms. The monoisotopic (exact) mass is 828 g/mol. The summed E-state index contributed by atoms with van der Waals surface area (Å²) in [4.78, 5) is 78.8. The number of carbonyl (C=O) groups excluding carboxylic acids is 2. The first-order valence-corrected chi connectivity index (χ1v) is 18.9. The van der Waals surface area contributed by atoms with Gasteiger partial charge in [0.1, 0.15) is 18.3 Å². The molecule has 0 aromatic carbocycles. The van der Waals surface area contributed by atoms with E-state index in [1.54, 1.807) is 13.0 Å². The number of amides is 2. The molecule has 1 saturated heterocycles. The number of hydrogen-bond acceptors (Lipinski definition) is 10. The number of H-pyrrole nitrogens is 3. The Balaban J connectivity index is 0.000000333. The summed E-state index contributed by atoms with van der Waals surface area (Å²) >= 11 is 0. The fraction of sp³-hybridized carbons (Fsp3) is 0.333. The predicted octanol–water partition coefficient (Wildman–Crippen LogP) is 1.68. The normalized spacial score (nSPS) is 21.4. The van der Waals surface area contributed by atoms with Crippen LogP contribution in [0, 0.1) is 13.8 Å². The highest BCUT2D eigenvalue weighted by Gasteiger charge is 2.43. The highest BCUT2D eigenvalue weighted by molar-refractivity contribution is 6.03. The summed E-state index contributed by atoms with van der Waals surface area (Å²) in [7, 11) is 0. The zero-order valence-electron chi connectivity index (χ0n) is 33.5. The van der Waals surface area contributed by atoms with Crippen LogP contribution >= 0.6 is 0 Å². The summed E-state index contributed by atoms with van der Waals surface area (Å²) in [6.07, 6.45) is 4.00. The lowest BCUT2D eigenvalue weighted by atomic mass is 9.98. The molecular weight excluding hydrogens is 780 g/mol. The van der Waals surface area contributed by atoms with Gasteiger partial charge in [-0.15, -0.1) is 0 Å². The molecule has 3 aliphatic heterocycles. The highest BCUT2D eigenvalue weighted by atomic mass is 16.6. The summed E-state index contributed by atoms with van der Waals surface area (Å²) in [5, 5.41) is 52.7. The number of carboxylic acids is 2. The van der Waals surface area contributed by atoms with Gasteiger partial charge in [0.05, 0.1) is 12.3 Å². The molecular formula is C42H48N6O12. The van der Waals surface area contributed by atoms with Gasteiger partial charge in [0, 0.05) is 76.7 Å². The molecule has 6 rings (SSSR count). The van der Waals surface area contributed by atoms with Crippen molar-refractivity contribution in [2.45, 2.75) is 84.3 Å². The molecule has 3 aliphatic rings. The smallest absolute Gasteiger partial charge is 0.330 e. The molecule has 3 aromatic rings. The molecule has 318 valence electrons. The standard InChI is InChI=1S/C33H36N4O6.C9H12N2O6/c1-7-20-19(6)32(42)37-27(20)14-25-18(5)23(10-12-31(40)41)29(35-25)15-28-22(9-11-30(38)39)17(4)24(34-28)13-26-16(3)21(8-2)33(43)36-26;12-3-4-6(14)7(15)8(17-4)11-2-1-5(13)10-9(11)16/h7-8,13-14,34-35H,1-2,9-12,15H2,3-6H3,(H,36,43)(H,37,42)(H,38,39)(H,40,41);1-2,4,6-8,12,14-15H,3H2,(H,10,13,16)/b26-13-,27-14-;/t;4-,6-,7-,8-/m.1/s1. The van der Waals surface area contributed by atoms with Crippen molar-refractivity contribution < 1.29 is 49.4 Å². The number of hydrogen-bond donors (Lipinski definition) is 10. The van der Waals surface area contributed by atoms with Gasteiger partial charge in [-0.1, -0.05) is 25.3 Å². The Morgan fingerprint density at radius 2 is 1.30 bits per heavy atom. The number of aliphatic hydroxyl groups is 3. The van der Waals surface area contributed by atoms with Gasteiger partial charge in [-0.05, 0) is 80.5 Å². The van der Waals surface area contributed by atoms with Gasteiger partial charge >= 0.3 is 17.6 Å². The molecule has 0 saturated carbocycles. The minimum atomic E-state index is -1.35. The van der Waals surface area contributed by atoms with E-state index in [4.69, 9.17) is 9.84 Å². The second-order valence-electron chi connectivity index (χ2n) is 14.5. The minimum absolute atomic E-state index is 0.0688. The number of aliphatic hydroxyl groups excluding tert-OH is 3. The molecule has 0 aliphatic carbocycles.